The standard InChI is InChI=1S/C15H15N5O2/c1-9(21)12-4-3-5-15(19-12)20-13-6-14(18-10(2)22)16-7-11(13)8-17-20/h3-9,21H,1-2H3,(H,16,18,22). The van der Waals surface area contributed by atoms with Gasteiger partial charge in [-0.25, -0.2) is 14.6 Å². The Morgan fingerprint density at radius 2 is 2.18 bits per heavy atom. The van der Waals surface area contributed by atoms with Gasteiger partial charge in [0.2, 0.25) is 5.91 Å². The van der Waals surface area contributed by atoms with Crippen molar-refractivity contribution in [1.82, 2.24) is 19.7 Å². The predicted molar refractivity (Wildman–Crippen MR) is 81.6 cm³/mol. The zero-order chi connectivity index (χ0) is 15.7. The number of carbonyl (C=O) groups is 1. The average molecular weight is 297 g/mol. The van der Waals surface area contributed by atoms with Crippen molar-refractivity contribution in [2.75, 3.05) is 5.32 Å². The summed E-state index contributed by atoms with van der Waals surface area (Å²) < 4.78 is 1.65. The Balaban J connectivity index is 2.10. The second-order valence-corrected chi connectivity index (χ2v) is 4.96. The molecule has 3 aromatic rings. The molecule has 7 heteroatoms. The second-order valence-electron chi connectivity index (χ2n) is 4.96. The Hall–Kier alpha value is -2.80. The molecule has 0 aliphatic rings. The molecule has 22 heavy (non-hydrogen) atoms. The van der Waals surface area contributed by atoms with Crippen molar-refractivity contribution >= 4 is 22.6 Å². The third kappa shape index (κ3) is 2.66. The van der Waals surface area contributed by atoms with E-state index >= 15 is 0 Å². The molecular weight excluding hydrogens is 282 g/mol. The number of rotatable bonds is 3. The summed E-state index contributed by atoms with van der Waals surface area (Å²) in [6.07, 6.45) is 2.66. The molecule has 2 N–H and O–H groups in total. The van der Waals surface area contributed by atoms with Crippen LogP contribution in [0.15, 0.2) is 36.7 Å². The molecule has 3 aromatic heterocycles. The predicted octanol–water partition coefficient (Wildman–Crippen LogP) is 1.83. The molecule has 1 amide bonds. The van der Waals surface area contributed by atoms with Crippen LogP contribution in [-0.2, 0) is 4.79 Å². The third-order valence-corrected chi connectivity index (χ3v) is 3.16. The maximum absolute atomic E-state index is 11.1. The quantitative estimate of drug-likeness (QED) is 0.769. The topological polar surface area (TPSA) is 92.9 Å². The number of aliphatic hydroxyl groups excluding tert-OH is 1. The van der Waals surface area contributed by atoms with E-state index in [1.54, 1.807) is 42.2 Å². The lowest BCUT2D eigenvalue weighted by atomic mass is 10.2. The molecular formula is C15H15N5O2. The molecule has 0 saturated carbocycles. The zero-order valence-electron chi connectivity index (χ0n) is 12.2. The summed E-state index contributed by atoms with van der Waals surface area (Å²) in [5.74, 6) is 0.856. The van der Waals surface area contributed by atoms with Crippen LogP contribution in [0.2, 0.25) is 0 Å². The number of fused-ring (bicyclic) bond motifs is 1. The summed E-state index contributed by atoms with van der Waals surface area (Å²) in [6, 6.07) is 7.11. The van der Waals surface area contributed by atoms with Crippen LogP contribution < -0.4 is 5.32 Å². The lowest BCUT2D eigenvalue weighted by molar-refractivity contribution is -0.114. The van der Waals surface area contributed by atoms with Crippen molar-refractivity contribution < 1.29 is 9.90 Å². The van der Waals surface area contributed by atoms with E-state index in [9.17, 15) is 9.90 Å². The first-order valence-corrected chi connectivity index (χ1v) is 6.81. The Morgan fingerprint density at radius 3 is 2.91 bits per heavy atom. The highest BCUT2D eigenvalue weighted by Crippen LogP contribution is 2.20. The molecule has 0 radical (unpaired) electrons. The van der Waals surface area contributed by atoms with Gasteiger partial charge in [0.25, 0.3) is 0 Å². The number of anilines is 1. The number of hydrogen-bond acceptors (Lipinski definition) is 5. The van der Waals surface area contributed by atoms with Gasteiger partial charge < -0.3 is 10.4 Å². The summed E-state index contributed by atoms with van der Waals surface area (Å²) in [6.45, 7) is 3.09. The lowest BCUT2D eigenvalue weighted by Crippen LogP contribution is -2.08. The number of carbonyl (C=O) groups excluding carboxylic acids is 1. The maximum atomic E-state index is 11.1. The van der Waals surface area contributed by atoms with Gasteiger partial charge in [-0.1, -0.05) is 6.07 Å². The lowest BCUT2D eigenvalue weighted by Gasteiger charge is -2.08. The van der Waals surface area contributed by atoms with Gasteiger partial charge in [0.1, 0.15) is 5.82 Å². The molecule has 7 nitrogen and oxygen atoms in total. The van der Waals surface area contributed by atoms with Gasteiger partial charge in [0, 0.05) is 24.6 Å². The smallest absolute Gasteiger partial charge is 0.222 e. The molecule has 3 rings (SSSR count). The largest absolute Gasteiger partial charge is 0.387 e. The van der Waals surface area contributed by atoms with E-state index in [2.05, 4.69) is 20.4 Å². The van der Waals surface area contributed by atoms with Gasteiger partial charge in [-0.05, 0) is 19.1 Å². The van der Waals surface area contributed by atoms with E-state index < -0.39 is 6.10 Å². The molecule has 0 spiro atoms. The molecule has 0 aromatic carbocycles. The van der Waals surface area contributed by atoms with E-state index in [4.69, 9.17) is 0 Å². The Labute approximate surface area is 126 Å². The first-order valence-electron chi connectivity index (χ1n) is 6.81. The highest BCUT2D eigenvalue weighted by Gasteiger charge is 2.10. The zero-order valence-corrected chi connectivity index (χ0v) is 12.2. The number of amides is 1. The van der Waals surface area contributed by atoms with Crippen molar-refractivity contribution in [2.24, 2.45) is 0 Å². The molecule has 1 unspecified atom stereocenters. The fraction of sp³-hybridized carbons (Fsp3) is 0.200. The Bertz CT molecular complexity index is 841. The van der Waals surface area contributed by atoms with Crippen molar-refractivity contribution in [1.29, 1.82) is 0 Å². The van der Waals surface area contributed by atoms with Crippen molar-refractivity contribution in [3.63, 3.8) is 0 Å². The van der Waals surface area contributed by atoms with Gasteiger partial charge in [0.05, 0.1) is 23.5 Å². The first kappa shape index (κ1) is 14.2. The minimum absolute atomic E-state index is 0.188. The first-order chi connectivity index (χ1) is 10.5. The molecule has 3 heterocycles. The Kier molecular flexibility index (Phi) is 3.56. The van der Waals surface area contributed by atoms with Crippen molar-refractivity contribution in [2.45, 2.75) is 20.0 Å². The number of hydrogen-bond donors (Lipinski definition) is 2. The number of nitrogens with one attached hydrogen (secondary N) is 1. The second kappa shape index (κ2) is 5.53. The van der Waals surface area contributed by atoms with Crippen molar-refractivity contribution in [3.05, 3.63) is 42.4 Å². The Morgan fingerprint density at radius 1 is 1.36 bits per heavy atom. The summed E-state index contributed by atoms with van der Waals surface area (Å²) in [5.41, 5.74) is 1.34. The SMILES string of the molecule is CC(=O)Nc1cc2c(cn1)cnn2-c1cccc(C(C)O)n1. The fourth-order valence-electron chi connectivity index (χ4n) is 2.14. The maximum Gasteiger partial charge on any atom is 0.222 e. The normalized spacial score (nSPS) is 12.3. The van der Waals surface area contributed by atoms with Crippen LogP contribution in [0, 0.1) is 0 Å². The molecule has 0 aliphatic carbocycles. The molecule has 1 atom stereocenters. The van der Waals surface area contributed by atoms with Gasteiger partial charge in [-0.2, -0.15) is 5.10 Å². The van der Waals surface area contributed by atoms with E-state index in [0.717, 1.165) is 10.9 Å². The van der Waals surface area contributed by atoms with Gasteiger partial charge >= 0.3 is 0 Å². The van der Waals surface area contributed by atoms with E-state index in [1.807, 2.05) is 6.07 Å². The highest BCUT2D eigenvalue weighted by atomic mass is 16.3. The summed E-state index contributed by atoms with van der Waals surface area (Å²) >= 11 is 0. The van der Waals surface area contributed by atoms with Crippen LogP contribution in [0.25, 0.3) is 16.7 Å². The molecule has 0 aliphatic heterocycles. The third-order valence-electron chi connectivity index (χ3n) is 3.16. The van der Waals surface area contributed by atoms with Crippen LogP contribution in [-0.4, -0.2) is 30.8 Å². The van der Waals surface area contributed by atoms with Crippen molar-refractivity contribution in [3.8, 4) is 5.82 Å². The van der Waals surface area contributed by atoms with Gasteiger partial charge in [-0.3, -0.25) is 4.79 Å². The highest BCUT2D eigenvalue weighted by molar-refractivity contribution is 5.90. The monoisotopic (exact) mass is 297 g/mol. The number of aromatic nitrogens is 4. The minimum Gasteiger partial charge on any atom is -0.387 e. The number of nitrogens with zero attached hydrogens (tertiary/aromatic N) is 4. The molecule has 0 fully saturated rings. The van der Waals surface area contributed by atoms with Crippen LogP contribution in [0.5, 0.6) is 0 Å². The number of pyridine rings is 2. The van der Waals surface area contributed by atoms with E-state index in [1.165, 1.54) is 6.92 Å². The summed E-state index contributed by atoms with van der Waals surface area (Å²) in [5, 5.41) is 17.4. The van der Waals surface area contributed by atoms with Crippen LogP contribution in [0.4, 0.5) is 5.82 Å². The van der Waals surface area contributed by atoms with Crippen LogP contribution >= 0.6 is 0 Å². The average Bonchev–Trinajstić information content (AvgIpc) is 2.90. The van der Waals surface area contributed by atoms with Crippen LogP contribution in [0.3, 0.4) is 0 Å². The molecule has 0 saturated heterocycles. The summed E-state index contributed by atoms with van der Waals surface area (Å²) in [4.78, 5) is 19.7. The molecule has 0 bridgehead atoms. The molecule has 112 valence electrons. The summed E-state index contributed by atoms with van der Waals surface area (Å²) in [7, 11) is 0. The fourth-order valence-corrected chi connectivity index (χ4v) is 2.14. The number of aliphatic hydroxyl groups is 1. The minimum atomic E-state index is -0.654. The van der Waals surface area contributed by atoms with Crippen LogP contribution in [0.1, 0.15) is 25.6 Å². The van der Waals surface area contributed by atoms with Gasteiger partial charge in [-0.15, -0.1) is 0 Å². The van der Waals surface area contributed by atoms with Gasteiger partial charge in [0.15, 0.2) is 5.82 Å². The van der Waals surface area contributed by atoms with E-state index in [0.29, 0.717) is 17.3 Å². The van der Waals surface area contributed by atoms with E-state index in [-0.39, 0.29) is 5.91 Å².